The van der Waals surface area contributed by atoms with E-state index in [9.17, 15) is 13.2 Å². The maximum atomic E-state index is 12.8. The molecule has 0 bridgehead atoms. The van der Waals surface area contributed by atoms with Gasteiger partial charge in [0, 0.05) is 45.4 Å². The number of sulfone groups is 1. The molecular weight excluding hydrogens is 404 g/mol. The summed E-state index contributed by atoms with van der Waals surface area (Å²) in [5.41, 5.74) is 1.71. The largest absolute Gasteiger partial charge is 0.497 e. The van der Waals surface area contributed by atoms with Crippen LogP contribution in [0.2, 0.25) is 0 Å². The number of ether oxygens (including phenoxy) is 2. The Hall–Kier alpha value is -2.42. The van der Waals surface area contributed by atoms with Crippen molar-refractivity contribution in [1.29, 1.82) is 0 Å². The minimum absolute atomic E-state index is 0.0695. The van der Waals surface area contributed by atoms with Gasteiger partial charge in [-0.3, -0.25) is 9.69 Å². The van der Waals surface area contributed by atoms with Crippen molar-refractivity contribution in [3.8, 4) is 5.75 Å². The second-order valence-corrected chi connectivity index (χ2v) is 9.36. The Morgan fingerprint density at radius 2 is 1.57 bits per heavy atom. The van der Waals surface area contributed by atoms with Gasteiger partial charge in [0.1, 0.15) is 5.75 Å². The van der Waals surface area contributed by atoms with Crippen molar-refractivity contribution in [3.05, 3.63) is 59.7 Å². The van der Waals surface area contributed by atoms with Crippen LogP contribution in [0.5, 0.6) is 5.75 Å². The molecule has 2 aromatic carbocycles. The number of hydrogen-bond donors (Lipinski definition) is 0. The highest BCUT2D eigenvalue weighted by Gasteiger charge is 2.23. The van der Waals surface area contributed by atoms with Crippen LogP contribution < -0.4 is 4.74 Å². The highest BCUT2D eigenvalue weighted by molar-refractivity contribution is 7.91. The topological polar surface area (TPSA) is 76.2 Å². The molecule has 0 radical (unpaired) electrons. The zero-order valence-corrected chi connectivity index (χ0v) is 18.2. The summed E-state index contributed by atoms with van der Waals surface area (Å²) in [6.45, 7) is 3.85. The van der Waals surface area contributed by atoms with Gasteiger partial charge < -0.3 is 14.4 Å². The van der Waals surface area contributed by atoms with Gasteiger partial charge in [0.05, 0.1) is 24.4 Å². The van der Waals surface area contributed by atoms with Gasteiger partial charge >= 0.3 is 0 Å². The Bertz CT molecular complexity index is 934. The quantitative estimate of drug-likeness (QED) is 0.636. The van der Waals surface area contributed by atoms with Crippen LogP contribution in [-0.2, 0) is 21.1 Å². The molecule has 1 aliphatic rings. The maximum Gasteiger partial charge on any atom is 0.253 e. The highest BCUT2D eigenvalue weighted by Crippen LogP contribution is 2.17. The lowest BCUT2D eigenvalue weighted by Crippen LogP contribution is -2.48. The van der Waals surface area contributed by atoms with Gasteiger partial charge in [-0.05, 0) is 42.0 Å². The number of piperazine rings is 1. The monoisotopic (exact) mass is 432 g/mol. The molecular formula is C22H28N2O5S. The third-order valence-corrected chi connectivity index (χ3v) is 6.94. The summed E-state index contributed by atoms with van der Waals surface area (Å²) >= 11 is 0. The van der Waals surface area contributed by atoms with E-state index in [2.05, 4.69) is 17.0 Å². The van der Waals surface area contributed by atoms with E-state index in [1.807, 2.05) is 17.0 Å². The van der Waals surface area contributed by atoms with E-state index >= 15 is 0 Å². The zero-order chi connectivity index (χ0) is 21.6. The molecule has 0 N–H and O–H groups in total. The summed E-state index contributed by atoms with van der Waals surface area (Å²) < 4.78 is 34.5. The summed E-state index contributed by atoms with van der Waals surface area (Å²) in [6, 6.07) is 14.2. The van der Waals surface area contributed by atoms with E-state index in [1.165, 1.54) is 24.8 Å². The summed E-state index contributed by atoms with van der Waals surface area (Å²) in [5.74, 6) is 0.694. The molecule has 1 amide bonds. The van der Waals surface area contributed by atoms with E-state index < -0.39 is 9.84 Å². The molecule has 30 heavy (non-hydrogen) atoms. The van der Waals surface area contributed by atoms with Crippen molar-refractivity contribution in [2.45, 2.75) is 11.4 Å². The highest BCUT2D eigenvalue weighted by atomic mass is 32.2. The van der Waals surface area contributed by atoms with Gasteiger partial charge in [-0.25, -0.2) is 8.42 Å². The second kappa shape index (κ2) is 10.1. The number of hydrogen-bond acceptors (Lipinski definition) is 6. The molecule has 8 heteroatoms. The van der Waals surface area contributed by atoms with Crippen molar-refractivity contribution < 1.29 is 22.7 Å². The summed E-state index contributed by atoms with van der Waals surface area (Å²) in [7, 11) is -0.278. The fourth-order valence-corrected chi connectivity index (χ4v) is 4.57. The van der Waals surface area contributed by atoms with Gasteiger partial charge in [-0.1, -0.05) is 12.1 Å². The van der Waals surface area contributed by atoms with E-state index in [4.69, 9.17) is 9.47 Å². The number of carbonyl (C=O) groups excluding carboxylic acids is 1. The number of rotatable bonds is 8. The lowest BCUT2D eigenvalue weighted by molar-refractivity contribution is 0.0628. The Labute approximate surface area is 178 Å². The van der Waals surface area contributed by atoms with Crippen molar-refractivity contribution in [3.63, 3.8) is 0 Å². The number of nitrogens with zero attached hydrogens (tertiary/aromatic N) is 2. The van der Waals surface area contributed by atoms with Crippen LogP contribution in [0.4, 0.5) is 0 Å². The van der Waals surface area contributed by atoms with E-state index in [0.29, 0.717) is 18.7 Å². The molecule has 1 heterocycles. The van der Waals surface area contributed by atoms with Crippen LogP contribution in [-0.4, -0.2) is 76.9 Å². The first-order chi connectivity index (χ1) is 14.4. The molecule has 0 aliphatic carbocycles. The van der Waals surface area contributed by atoms with Gasteiger partial charge in [-0.2, -0.15) is 0 Å². The predicted molar refractivity (Wildman–Crippen MR) is 115 cm³/mol. The van der Waals surface area contributed by atoms with Gasteiger partial charge in [0.25, 0.3) is 5.91 Å². The SMILES string of the molecule is COCCS(=O)(=O)c1ccc(C(=O)N2CCN(Cc3ccc(OC)cc3)CC2)cc1. The molecule has 0 spiro atoms. The minimum atomic E-state index is -3.40. The molecule has 1 fully saturated rings. The summed E-state index contributed by atoms with van der Waals surface area (Å²) in [5, 5.41) is 0. The first kappa shape index (κ1) is 22.3. The maximum absolute atomic E-state index is 12.8. The molecule has 2 aromatic rings. The van der Waals surface area contributed by atoms with Crippen molar-refractivity contribution in [2.24, 2.45) is 0 Å². The Morgan fingerprint density at radius 3 is 2.13 bits per heavy atom. The average molecular weight is 433 g/mol. The van der Waals surface area contributed by atoms with Crippen molar-refractivity contribution >= 4 is 15.7 Å². The summed E-state index contributed by atoms with van der Waals surface area (Å²) in [6.07, 6.45) is 0. The standard InChI is InChI=1S/C22H28N2O5S/c1-28-15-16-30(26,27)21-9-5-19(6-10-21)22(25)24-13-11-23(12-14-24)17-18-3-7-20(29-2)8-4-18/h3-10H,11-17H2,1-2H3. The fraction of sp³-hybridized carbons (Fsp3) is 0.409. The molecule has 162 valence electrons. The number of carbonyl (C=O) groups is 1. The molecule has 0 saturated carbocycles. The summed E-state index contributed by atoms with van der Waals surface area (Å²) in [4.78, 5) is 17.1. The van der Waals surface area contributed by atoms with E-state index in [1.54, 1.807) is 19.2 Å². The molecule has 0 aromatic heterocycles. The molecule has 0 atom stereocenters. The second-order valence-electron chi connectivity index (χ2n) is 7.25. The Kier molecular flexibility index (Phi) is 7.47. The van der Waals surface area contributed by atoms with Gasteiger partial charge in [-0.15, -0.1) is 0 Å². The predicted octanol–water partition coefficient (Wildman–Crippen LogP) is 2.07. The average Bonchev–Trinajstić information content (AvgIpc) is 2.78. The third kappa shape index (κ3) is 5.59. The lowest BCUT2D eigenvalue weighted by atomic mass is 10.1. The van der Waals surface area contributed by atoms with Gasteiger partial charge in [0.15, 0.2) is 9.84 Å². The molecule has 3 rings (SSSR count). The van der Waals surface area contributed by atoms with Crippen LogP contribution in [0.1, 0.15) is 15.9 Å². The molecule has 7 nitrogen and oxygen atoms in total. The van der Waals surface area contributed by atoms with Crippen LogP contribution in [0.25, 0.3) is 0 Å². The van der Waals surface area contributed by atoms with Crippen LogP contribution in [0.3, 0.4) is 0 Å². The normalized spacial score (nSPS) is 15.2. The Balaban J connectivity index is 1.54. The third-order valence-electron chi connectivity index (χ3n) is 5.24. The lowest BCUT2D eigenvalue weighted by Gasteiger charge is -2.34. The Morgan fingerprint density at radius 1 is 0.933 bits per heavy atom. The molecule has 0 unspecified atom stereocenters. The minimum Gasteiger partial charge on any atom is -0.497 e. The van der Waals surface area contributed by atoms with Crippen LogP contribution >= 0.6 is 0 Å². The van der Waals surface area contributed by atoms with Crippen molar-refractivity contribution in [1.82, 2.24) is 9.80 Å². The van der Waals surface area contributed by atoms with E-state index in [-0.39, 0.29) is 23.2 Å². The van der Waals surface area contributed by atoms with E-state index in [0.717, 1.165) is 25.4 Å². The van der Waals surface area contributed by atoms with Crippen molar-refractivity contribution in [2.75, 3.05) is 52.8 Å². The number of amides is 1. The number of benzene rings is 2. The number of methoxy groups -OCH3 is 2. The smallest absolute Gasteiger partial charge is 0.253 e. The van der Waals surface area contributed by atoms with Crippen LogP contribution in [0.15, 0.2) is 53.4 Å². The fourth-order valence-electron chi connectivity index (χ4n) is 3.40. The zero-order valence-electron chi connectivity index (χ0n) is 17.4. The molecule has 1 saturated heterocycles. The first-order valence-electron chi connectivity index (χ1n) is 9.89. The first-order valence-corrected chi connectivity index (χ1v) is 11.5. The van der Waals surface area contributed by atoms with Gasteiger partial charge in [0.2, 0.25) is 0 Å². The van der Waals surface area contributed by atoms with Crippen LogP contribution in [0, 0.1) is 0 Å². The molecule has 1 aliphatic heterocycles.